The summed E-state index contributed by atoms with van der Waals surface area (Å²) < 4.78 is 0. The maximum atomic E-state index is 12.2. The quantitative estimate of drug-likeness (QED) is 0.592. The first-order valence-electron chi connectivity index (χ1n) is 8.03. The molecule has 0 saturated heterocycles. The van der Waals surface area contributed by atoms with Gasteiger partial charge in [0.25, 0.3) is 0 Å². The lowest BCUT2D eigenvalue weighted by atomic mass is 10.1. The van der Waals surface area contributed by atoms with Gasteiger partial charge in [0, 0.05) is 11.6 Å². The molecule has 4 nitrogen and oxygen atoms in total. The molecule has 0 bridgehead atoms. The first kappa shape index (κ1) is 16.5. The summed E-state index contributed by atoms with van der Waals surface area (Å²) in [6.07, 6.45) is 0.884. The molecule has 1 saturated carbocycles. The van der Waals surface area contributed by atoms with Crippen LogP contribution < -0.4 is 16.2 Å². The van der Waals surface area contributed by atoms with Crippen molar-refractivity contribution < 1.29 is 4.79 Å². The Morgan fingerprint density at radius 2 is 1.79 bits per heavy atom. The lowest BCUT2D eigenvalue weighted by Crippen LogP contribution is -2.44. The van der Waals surface area contributed by atoms with E-state index >= 15 is 0 Å². The lowest BCUT2D eigenvalue weighted by Gasteiger charge is -2.12. The van der Waals surface area contributed by atoms with E-state index in [-0.39, 0.29) is 11.8 Å². The van der Waals surface area contributed by atoms with E-state index in [0.29, 0.717) is 11.0 Å². The Labute approximate surface area is 147 Å². The normalized spacial score (nSPS) is 18.6. The number of hydrogen-bond donors (Lipinski definition) is 3. The minimum atomic E-state index is -0.0195. The highest BCUT2D eigenvalue weighted by Crippen LogP contribution is 2.47. The molecule has 5 heteroatoms. The average Bonchev–Trinajstić information content (AvgIpc) is 3.34. The third kappa shape index (κ3) is 4.11. The maximum Gasteiger partial charge on any atom is 0.242 e. The Kier molecular flexibility index (Phi) is 4.81. The molecule has 0 heterocycles. The topological polar surface area (TPSA) is 53.2 Å². The summed E-state index contributed by atoms with van der Waals surface area (Å²) >= 11 is 5.20. The van der Waals surface area contributed by atoms with Gasteiger partial charge in [0.15, 0.2) is 5.11 Å². The molecular weight excluding hydrogens is 318 g/mol. The van der Waals surface area contributed by atoms with Crippen LogP contribution in [-0.2, 0) is 4.79 Å². The summed E-state index contributed by atoms with van der Waals surface area (Å²) in [6, 6.07) is 16.3. The molecule has 24 heavy (non-hydrogen) atoms. The number of amides is 1. The van der Waals surface area contributed by atoms with Crippen molar-refractivity contribution in [1.29, 1.82) is 0 Å². The molecule has 1 amide bonds. The number of hydrazine groups is 1. The van der Waals surface area contributed by atoms with Gasteiger partial charge in [-0.15, -0.1) is 0 Å². The van der Waals surface area contributed by atoms with Crippen LogP contribution in [0.1, 0.15) is 29.0 Å². The van der Waals surface area contributed by atoms with Crippen LogP contribution in [0.25, 0.3) is 0 Å². The Morgan fingerprint density at radius 1 is 1.04 bits per heavy atom. The van der Waals surface area contributed by atoms with E-state index in [4.69, 9.17) is 12.2 Å². The molecule has 2 aromatic carbocycles. The molecule has 2 atom stereocenters. The van der Waals surface area contributed by atoms with Crippen LogP contribution >= 0.6 is 12.2 Å². The molecule has 0 aromatic heterocycles. The van der Waals surface area contributed by atoms with E-state index in [1.165, 1.54) is 11.1 Å². The Bertz CT molecular complexity index is 757. The zero-order valence-corrected chi connectivity index (χ0v) is 14.6. The maximum absolute atomic E-state index is 12.2. The minimum Gasteiger partial charge on any atom is -0.331 e. The number of carbonyl (C=O) groups excluding carboxylic acids is 1. The summed E-state index contributed by atoms with van der Waals surface area (Å²) in [6.45, 7) is 4.08. The SMILES string of the molecule is Cc1ccc([C@H]2C[C@H]2C(=O)NNC(=S)Nc2cccc(C)c2)cc1. The Hall–Kier alpha value is -2.40. The van der Waals surface area contributed by atoms with Gasteiger partial charge in [-0.25, -0.2) is 0 Å². The third-order valence-electron chi connectivity index (χ3n) is 4.21. The van der Waals surface area contributed by atoms with Gasteiger partial charge in [-0.05, 0) is 61.7 Å². The van der Waals surface area contributed by atoms with Crippen molar-refractivity contribution in [1.82, 2.24) is 10.9 Å². The van der Waals surface area contributed by atoms with Crippen LogP contribution in [0.2, 0.25) is 0 Å². The highest BCUT2D eigenvalue weighted by molar-refractivity contribution is 7.80. The zero-order chi connectivity index (χ0) is 17.1. The van der Waals surface area contributed by atoms with Gasteiger partial charge < -0.3 is 5.32 Å². The largest absolute Gasteiger partial charge is 0.331 e. The third-order valence-corrected chi connectivity index (χ3v) is 4.41. The molecule has 1 aliphatic carbocycles. The van der Waals surface area contributed by atoms with Crippen molar-refractivity contribution in [2.24, 2.45) is 5.92 Å². The number of rotatable bonds is 3. The van der Waals surface area contributed by atoms with Crippen molar-refractivity contribution in [3.63, 3.8) is 0 Å². The van der Waals surface area contributed by atoms with Gasteiger partial charge in [-0.2, -0.15) is 0 Å². The van der Waals surface area contributed by atoms with Gasteiger partial charge >= 0.3 is 0 Å². The van der Waals surface area contributed by atoms with Crippen LogP contribution in [0, 0.1) is 19.8 Å². The fourth-order valence-corrected chi connectivity index (χ4v) is 2.93. The first-order valence-corrected chi connectivity index (χ1v) is 8.44. The molecular formula is C19H21N3OS. The highest BCUT2D eigenvalue weighted by atomic mass is 32.1. The smallest absolute Gasteiger partial charge is 0.242 e. The fraction of sp³-hybridized carbons (Fsp3) is 0.263. The van der Waals surface area contributed by atoms with Crippen molar-refractivity contribution in [2.75, 3.05) is 5.32 Å². The van der Waals surface area contributed by atoms with E-state index in [2.05, 4.69) is 47.4 Å². The number of nitrogens with one attached hydrogen (secondary N) is 3. The van der Waals surface area contributed by atoms with Crippen molar-refractivity contribution in [3.05, 3.63) is 65.2 Å². The van der Waals surface area contributed by atoms with Crippen LogP contribution in [-0.4, -0.2) is 11.0 Å². The lowest BCUT2D eigenvalue weighted by molar-refractivity contribution is -0.122. The molecule has 0 unspecified atom stereocenters. The molecule has 0 radical (unpaired) electrons. The molecule has 2 aromatic rings. The second-order valence-electron chi connectivity index (χ2n) is 6.30. The fourth-order valence-electron chi connectivity index (χ4n) is 2.76. The van der Waals surface area contributed by atoms with Gasteiger partial charge in [0.1, 0.15) is 0 Å². The summed E-state index contributed by atoms with van der Waals surface area (Å²) in [4.78, 5) is 12.2. The van der Waals surface area contributed by atoms with Gasteiger partial charge in [0.05, 0.1) is 0 Å². The molecule has 3 N–H and O–H groups in total. The summed E-state index contributed by atoms with van der Waals surface area (Å²) in [5.74, 6) is 0.307. The zero-order valence-electron chi connectivity index (χ0n) is 13.8. The van der Waals surface area contributed by atoms with E-state index in [9.17, 15) is 4.79 Å². The number of hydrogen-bond acceptors (Lipinski definition) is 2. The monoisotopic (exact) mass is 339 g/mol. The highest BCUT2D eigenvalue weighted by Gasteiger charge is 2.43. The number of carbonyl (C=O) groups is 1. The summed E-state index contributed by atoms with van der Waals surface area (Å²) in [5.41, 5.74) is 9.96. The second kappa shape index (κ2) is 7.01. The summed E-state index contributed by atoms with van der Waals surface area (Å²) in [5, 5.41) is 3.43. The van der Waals surface area contributed by atoms with Crippen LogP contribution in [0.5, 0.6) is 0 Å². The summed E-state index contributed by atoms with van der Waals surface area (Å²) in [7, 11) is 0. The van der Waals surface area contributed by atoms with Crippen LogP contribution in [0.4, 0.5) is 5.69 Å². The predicted molar refractivity (Wildman–Crippen MR) is 101 cm³/mol. The Morgan fingerprint density at radius 3 is 2.50 bits per heavy atom. The van der Waals surface area contributed by atoms with Crippen LogP contribution in [0.3, 0.4) is 0 Å². The number of aryl methyl sites for hydroxylation is 2. The van der Waals surface area contributed by atoms with E-state index in [1.54, 1.807) is 0 Å². The van der Waals surface area contributed by atoms with Crippen LogP contribution in [0.15, 0.2) is 48.5 Å². The van der Waals surface area contributed by atoms with Gasteiger partial charge in [0.2, 0.25) is 5.91 Å². The van der Waals surface area contributed by atoms with E-state index < -0.39 is 0 Å². The predicted octanol–water partition coefficient (Wildman–Crippen LogP) is 3.42. The van der Waals surface area contributed by atoms with Gasteiger partial charge in [-0.1, -0.05) is 42.0 Å². The standard InChI is InChI=1S/C19H21N3OS/c1-12-6-8-14(9-7-12)16-11-17(16)18(23)21-22-19(24)20-15-5-3-4-13(2)10-15/h3-10,16-17H,11H2,1-2H3,(H,21,23)(H2,20,22,24)/t16-,17-/m1/s1. The van der Waals surface area contributed by atoms with E-state index in [1.807, 2.05) is 31.2 Å². The number of anilines is 1. The first-order chi connectivity index (χ1) is 11.5. The molecule has 1 fully saturated rings. The Balaban J connectivity index is 1.46. The average molecular weight is 339 g/mol. The second-order valence-corrected chi connectivity index (χ2v) is 6.71. The molecule has 0 aliphatic heterocycles. The molecule has 1 aliphatic rings. The van der Waals surface area contributed by atoms with Crippen molar-refractivity contribution in [3.8, 4) is 0 Å². The minimum absolute atomic E-state index is 0.0157. The van der Waals surface area contributed by atoms with Crippen molar-refractivity contribution in [2.45, 2.75) is 26.2 Å². The van der Waals surface area contributed by atoms with Crippen molar-refractivity contribution >= 4 is 28.9 Å². The van der Waals surface area contributed by atoms with Gasteiger partial charge in [-0.3, -0.25) is 15.6 Å². The number of thiocarbonyl (C=S) groups is 1. The number of benzene rings is 2. The van der Waals surface area contributed by atoms with E-state index in [0.717, 1.165) is 17.7 Å². The molecule has 124 valence electrons. The molecule has 3 rings (SSSR count). The molecule has 0 spiro atoms.